The second-order valence-corrected chi connectivity index (χ2v) is 6.55. The molecule has 1 saturated heterocycles. The fourth-order valence-electron chi connectivity index (χ4n) is 2.73. The number of rotatable bonds is 8. The molecule has 4 nitrogen and oxygen atoms in total. The molecule has 1 heterocycles. The molecule has 1 aliphatic rings. The maximum absolute atomic E-state index is 12.1. The van der Waals surface area contributed by atoms with Crippen LogP contribution < -0.4 is 5.73 Å². The third-order valence-electron chi connectivity index (χ3n) is 4.48. The Labute approximate surface area is 124 Å². The summed E-state index contributed by atoms with van der Waals surface area (Å²) in [6.07, 6.45) is 6.78. The maximum atomic E-state index is 12.1. The minimum Gasteiger partial charge on any atom is -0.340 e. The molecule has 118 valence electrons. The largest absolute Gasteiger partial charge is 0.340 e. The fraction of sp³-hybridized carbons (Fsp3) is 0.938. The summed E-state index contributed by atoms with van der Waals surface area (Å²) in [6, 6.07) is 0. The smallest absolute Gasteiger partial charge is 0.222 e. The van der Waals surface area contributed by atoms with Crippen LogP contribution in [0.15, 0.2) is 0 Å². The summed E-state index contributed by atoms with van der Waals surface area (Å²) in [5, 5.41) is 0. The van der Waals surface area contributed by atoms with Crippen LogP contribution >= 0.6 is 0 Å². The van der Waals surface area contributed by atoms with Crippen molar-refractivity contribution < 1.29 is 4.79 Å². The van der Waals surface area contributed by atoms with Gasteiger partial charge in [0.05, 0.1) is 0 Å². The first-order chi connectivity index (χ1) is 9.51. The van der Waals surface area contributed by atoms with E-state index >= 15 is 0 Å². The van der Waals surface area contributed by atoms with Crippen molar-refractivity contribution in [2.75, 3.05) is 32.7 Å². The summed E-state index contributed by atoms with van der Waals surface area (Å²) in [5.41, 5.74) is 5.87. The van der Waals surface area contributed by atoms with E-state index in [1.807, 2.05) is 4.90 Å². The fourth-order valence-corrected chi connectivity index (χ4v) is 2.73. The number of hydrogen-bond acceptors (Lipinski definition) is 3. The van der Waals surface area contributed by atoms with Crippen LogP contribution in [0.3, 0.4) is 0 Å². The van der Waals surface area contributed by atoms with Crippen molar-refractivity contribution in [2.24, 2.45) is 5.73 Å². The molecule has 4 heteroatoms. The molecule has 1 rings (SSSR count). The minimum atomic E-state index is 0.0509. The molecule has 0 radical (unpaired) electrons. The summed E-state index contributed by atoms with van der Waals surface area (Å²) in [7, 11) is 0. The Bertz CT molecular complexity index is 283. The van der Waals surface area contributed by atoms with Crippen LogP contribution in [0.4, 0.5) is 0 Å². The highest BCUT2D eigenvalue weighted by atomic mass is 16.2. The van der Waals surface area contributed by atoms with Crippen molar-refractivity contribution in [3.63, 3.8) is 0 Å². The zero-order valence-electron chi connectivity index (χ0n) is 13.7. The summed E-state index contributed by atoms with van der Waals surface area (Å²) in [5.74, 6) is 0.340. The Morgan fingerprint density at radius 1 is 1.05 bits per heavy atom. The van der Waals surface area contributed by atoms with Gasteiger partial charge in [-0.2, -0.15) is 0 Å². The van der Waals surface area contributed by atoms with E-state index < -0.39 is 0 Å². The van der Waals surface area contributed by atoms with Crippen LogP contribution in [-0.4, -0.2) is 54.0 Å². The van der Waals surface area contributed by atoms with E-state index in [1.165, 1.54) is 25.7 Å². The lowest BCUT2D eigenvalue weighted by Gasteiger charge is -2.43. The summed E-state index contributed by atoms with van der Waals surface area (Å²) in [4.78, 5) is 16.6. The van der Waals surface area contributed by atoms with Crippen molar-refractivity contribution in [3.05, 3.63) is 0 Å². The van der Waals surface area contributed by atoms with Crippen LogP contribution in [-0.2, 0) is 4.79 Å². The first kappa shape index (κ1) is 17.4. The van der Waals surface area contributed by atoms with E-state index in [4.69, 9.17) is 5.73 Å². The third-order valence-corrected chi connectivity index (χ3v) is 4.48. The normalized spacial score (nSPS) is 17.5. The molecule has 0 aromatic rings. The number of unbranched alkanes of at least 4 members (excludes halogenated alkanes) is 4. The minimum absolute atomic E-state index is 0.0509. The zero-order valence-corrected chi connectivity index (χ0v) is 13.7. The molecule has 0 atom stereocenters. The molecule has 0 aromatic carbocycles. The van der Waals surface area contributed by atoms with Gasteiger partial charge in [-0.3, -0.25) is 9.69 Å². The zero-order chi connectivity index (χ0) is 15.0. The Morgan fingerprint density at radius 2 is 1.65 bits per heavy atom. The summed E-state index contributed by atoms with van der Waals surface area (Å²) < 4.78 is 0. The molecule has 0 bridgehead atoms. The van der Waals surface area contributed by atoms with Crippen LogP contribution in [0.25, 0.3) is 0 Å². The van der Waals surface area contributed by atoms with Gasteiger partial charge in [0.25, 0.3) is 0 Å². The standard InChI is InChI=1S/C16H33N3O/c1-4-5-6-7-8-9-15(20)18-10-12-19(13-11-18)16(2,3)14-17/h4-14,17H2,1-3H3. The van der Waals surface area contributed by atoms with E-state index in [0.29, 0.717) is 12.5 Å². The lowest BCUT2D eigenvalue weighted by atomic mass is 10.0. The van der Waals surface area contributed by atoms with Gasteiger partial charge in [0, 0.05) is 44.7 Å². The number of amides is 1. The molecular formula is C16H33N3O. The Hall–Kier alpha value is -0.610. The second kappa shape index (κ2) is 8.63. The summed E-state index contributed by atoms with van der Waals surface area (Å²) in [6.45, 7) is 10.9. The SMILES string of the molecule is CCCCCCCC(=O)N1CCN(C(C)(C)CN)CC1. The first-order valence-electron chi connectivity index (χ1n) is 8.24. The van der Waals surface area contributed by atoms with Crippen LogP contribution in [0.5, 0.6) is 0 Å². The highest BCUT2D eigenvalue weighted by Crippen LogP contribution is 2.16. The highest BCUT2D eigenvalue weighted by Gasteiger charge is 2.29. The van der Waals surface area contributed by atoms with E-state index in [9.17, 15) is 4.79 Å². The van der Waals surface area contributed by atoms with Gasteiger partial charge in [0.15, 0.2) is 0 Å². The van der Waals surface area contributed by atoms with Crippen molar-refractivity contribution in [1.29, 1.82) is 0 Å². The maximum Gasteiger partial charge on any atom is 0.222 e. The van der Waals surface area contributed by atoms with Gasteiger partial charge < -0.3 is 10.6 Å². The quantitative estimate of drug-likeness (QED) is 0.695. The van der Waals surface area contributed by atoms with Crippen LogP contribution in [0.1, 0.15) is 59.3 Å². The number of nitrogens with two attached hydrogens (primary N) is 1. The molecule has 1 aliphatic heterocycles. The Kier molecular flexibility index (Phi) is 7.52. The molecule has 0 spiro atoms. The predicted molar refractivity (Wildman–Crippen MR) is 84.7 cm³/mol. The van der Waals surface area contributed by atoms with Gasteiger partial charge in [-0.1, -0.05) is 32.6 Å². The molecule has 1 fully saturated rings. The van der Waals surface area contributed by atoms with Crippen LogP contribution in [0, 0.1) is 0 Å². The van der Waals surface area contributed by atoms with E-state index in [-0.39, 0.29) is 5.54 Å². The Balaban J connectivity index is 2.22. The third kappa shape index (κ3) is 5.41. The van der Waals surface area contributed by atoms with E-state index in [2.05, 4.69) is 25.7 Å². The average Bonchev–Trinajstić information content (AvgIpc) is 2.47. The van der Waals surface area contributed by atoms with E-state index in [1.54, 1.807) is 0 Å². The lowest BCUT2D eigenvalue weighted by Crippen LogP contribution is -2.58. The summed E-state index contributed by atoms with van der Waals surface area (Å²) >= 11 is 0. The number of carbonyl (C=O) groups excluding carboxylic acids is 1. The topological polar surface area (TPSA) is 49.6 Å². The molecule has 0 unspecified atom stereocenters. The number of nitrogens with zero attached hydrogens (tertiary/aromatic N) is 2. The van der Waals surface area contributed by atoms with Gasteiger partial charge in [0.1, 0.15) is 0 Å². The number of carbonyl (C=O) groups is 1. The van der Waals surface area contributed by atoms with Crippen molar-refractivity contribution in [2.45, 2.75) is 64.8 Å². The number of hydrogen-bond donors (Lipinski definition) is 1. The van der Waals surface area contributed by atoms with Gasteiger partial charge in [-0.15, -0.1) is 0 Å². The average molecular weight is 283 g/mol. The number of piperazine rings is 1. The van der Waals surface area contributed by atoms with Gasteiger partial charge in [-0.05, 0) is 20.3 Å². The molecule has 2 N–H and O–H groups in total. The molecule has 0 aromatic heterocycles. The monoisotopic (exact) mass is 283 g/mol. The first-order valence-corrected chi connectivity index (χ1v) is 8.24. The predicted octanol–water partition coefficient (Wildman–Crippen LogP) is 2.23. The van der Waals surface area contributed by atoms with Gasteiger partial charge in [0.2, 0.25) is 5.91 Å². The van der Waals surface area contributed by atoms with E-state index in [0.717, 1.165) is 39.0 Å². The lowest BCUT2D eigenvalue weighted by molar-refractivity contribution is -0.133. The molecule has 1 amide bonds. The van der Waals surface area contributed by atoms with Gasteiger partial charge >= 0.3 is 0 Å². The molecule has 0 aliphatic carbocycles. The molecule has 0 saturated carbocycles. The molecule has 20 heavy (non-hydrogen) atoms. The van der Waals surface area contributed by atoms with Crippen molar-refractivity contribution in [1.82, 2.24) is 9.80 Å². The Morgan fingerprint density at radius 3 is 2.20 bits per heavy atom. The molecular weight excluding hydrogens is 250 g/mol. The van der Waals surface area contributed by atoms with Crippen LogP contribution in [0.2, 0.25) is 0 Å². The second-order valence-electron chi connectivity index (χ2n) is 6.55. The van der Waals surface area contributed by atoms with Gasteiger partial charge in [-0.25, -0.2) is 0 Å². The van der Waals surface area contributed by atoms with Crippen molar-refractivity contribution in [3.8, 4) is 0 Å². The van der Waals surface area contributed by atoms with Crippen molar-refractivity contribution >= 4 is 5.91 Å². The highest BCUT2D eigenvalue weighted by molar-refractivity contribution is 5.76.